The summed E-state index contributed by atoms with van der Waals surface area (Å²) >= 11 is 0. The molecule has 0 saturated carbocycles. The summed E-state index contributed by atoms with van der Waals surface area (Å²) in [6, 6.07) is -0.256. The molecule has 2 aliphatic rings. The molecule has 21 heavy (non-hydrogen) atoms. The van der Waals surface area contributed by atoms with E-state index in [1.54, 1.807) is 6.92 Å². The predicted molar refractivity (Wildman–Crippen MR) is 78.9 cm³/mol. The van der Waals surface area contributed by atoms with Crippen LogP contribution in [0.25, 0.3) is 0 Å². The first-order valence-electron chi connectivity index (χ1n) is 7.68. The number of rotatable bonds is 4. The lowest BCUT2D eigenvalue weighted by molar-refractivity contribution is -0.130. The van der Waals surface area contributed by atoms with Gasteiger partial charge in [0.05, 0.1) is 12.7 Å². The Morgan fingerprint density at radius 2 is 2.00 bits per heavy atom. The molecule has 7 heteroatoms. The summed E-state index contributed by atoms with van der Waals surface area (Å²) in [6.45, 7) is 9.64. The van der Waals surface area contributed by atoms with Gasteiger partial charge in [-0.3, -0.25) is 14.5 Å². The second kappa shape index (κ2) is 7.72. The Balaban J connectivity index is 1.63. The standard InChI is InChI=1S/C14H26N4O3/c1-11-13(15-4-10-21-11)14(20)16-3-5-17-6-8-18(9-7-17)12(2)19/h11,13,15H,3-10H2,1-2H3,(H,16,20)/t11-,13+/m1/s1. The molecule has 7 nitrogen and oxygen atoms in total. The number of piperazine rings is 1. The maximum absolute atomic E-state index is 12.1. The van der Waals surface area contributed by atoms with Gasteiger partial charge in [-0.05, 0) is 6.92 Å². The summed E-state index contributed by atoms with van der Waals surface area (Å²) in [6.07, 6.45) is -0.0853. The fourth-order valence-electron chi connectivity index (χ4n) is 2.76. The fourth-order valence-corrected chi connectivity index (χ4v) is 2.76. The van der Waals surface area contributed by atoms with Gasteiger partial charge in [-0.2, -0.15) is 0 Å². The molecule has 0 unspecified atom stereocenters. The van der Waals surface area contributed by atoms with Crippen LogP contribution in [0.3, 0.4) is 0 Å². The van der Waals surface area contributed by atoms with Crippen LogP contribution in [-0.4, -0.2) is 86.2 Å². The topological polar surface area (TPSA) is 73.9 Å². The van der Waals surface area contributed by atoms with Gasteiger partial charge in [-0.1, -0.05) is 0 Å². The van der Waals surface area contributed by atoms with Crippen molar-refractivity contribution in [2.24, 2.45) is 0 Å². The van der Waals surface area contributed by atoms with E-state index in [-0.39, 0.29) is 24.0 Å². The predicted octanol–water partition coefficient (Wildman–Crippen LogP) is -1.36. The number of carbonyl (C=O) groups is 2. The molecule has 2 rings (SSSR count). The summed E-state index contributed by atoms with van der Waals surface area (Å²) < 4.78 is 5.47. The van der Waals surface area contributed by atoms with Crippen molar-refractivity contribution in [2.75, 3.05) is 52.4 Å². The Morgan fingerprint density at radius 1 is 1.29 bits per heavy atom. The molecule has 120 valence electrons. The third kappa shape index (κ3) is 4.66. The zero-order chi connectivity index (χ0) is 15.2. The molecule has 2 atom stereocenters. The number of ether oxygens (including phenoxy) is 1. The quantitative estimate of drug-likeness (QED) is 0.671. The highest BCUT2D eigenvalue weighted by atomic mass is 16.5. The Morgan fingerprint density at radius 3 is 2.62 bits per heavy atom. The monoisotopic (exact) mass is 298 g/mol. The molecule has 2 heterocycles. The third-order valence-corrected chi connectivity index (χ3v) is 4.14. The highest BCUT2D eigenvalue weighted by molar-refractivity contribution is 5.82. The van der Waals surface area contributed by atoms with Gasteiger partial charge >= 0.3 is 0 Å². The average molecular weight is 298 g/mol. The van der Waals surface area contributed by atoms with Gasteiger partial charge in [-0.25, -0.2) is 0 Å². The minimum Gasteiger partial charge on any atom is -0.375 e. The van der Waals surface area contributed by atoms with Gasteiger partial charge in [0.15, 0.2) is 0 Å². The van der Waals surface area contributed by atoms with Gasteiger partial charge in [0.1, 0.15) is 6.04 Å². The highest BCUT2D eigenvalue weighted by Gasteiger charge is 2.28. The maximum Gasteiger partial charge on any atom is 0.239 e. The first-order valence-corrected chi connectivity index (χ1v) is 7.68. The van der Waals surface area contributed by atoms with Crippen LogP contribution in [0, 0.1) is 0 Å². The van der Waals surface area contributed by atoms with E-state index in [9.17, 15) is 9.59 Å². The van der Waals surface area contributed by atoms with E-state index in [4.69, 9.17) is 4.74 Å². The molecule has 0 aromatic carbocycles. The molecular formula is C14H26N4O3. The molecule has 2 amide bonds. The first-order chi connectivity index (χ1) is 10.1. The van der Waals surface area contributed by atoms with Crippen molar-refractivity contribution < 1.29 is 14.3 Å². The van der Waals surface area contributed by atoms with Gasteiger partial charge in [0.25, 0.3) is 0 Å². The lowest BCUT2D eigenvalue weighted by Gasteiger charge is -2.34. The molecule has 2 fully saturated rings. The van der Waals surface area contributed by atoms with Crippen LogP contribution in [0.2, 0.25) is 0 Å². The summed E-state index contributed by atoms with van der Waals surface area (Å²) in [5, 5.41) is 6.14. The zero-order valence-corrected chi connectivity index (χ0v) is 12.9. The normalized spacial score (nSPS) is 27.4. The van der Waals surface area contributed by atoms with Crippen LogP contribution < -0.4 is 10.6 Å². The average Bonchev–Trinajstić information content (AvgIpc) is 2.48. The van der Waals surface area contributed by atoms with E-state index in [1.165, 1.54) is 0 Å². The van der Waals surface area contributed by atoms with Crippen molar-refractivity contribution in [3.8, 4) is 0 Å². The number of hydrogen-bond acceptors (Lipinski definition) is 5. The molecule has 2 saturated heterocycles. The first kappa shape index (κ1) is 16.2. The number of nitrogens with zero attached hydrogens (tertiary/aromatic N) is 2. The largest absolute Gasteiger partial charge is 0.375 e. The van der Waals surface area contributed by atoms with Gasteiger partial charge < -0.3 is 20.3 Å². The van der Waals surface area contributed by atoms with Gasteiger partial charge in [-0.15, -0.1) is 0 Å². The third-order valence-electron chi connectivity index (χ3n) is 4.14. The lowest BCUT2D eigenvalue weighted by Crippen LogP contribution is -2.56. The second-order valence-electron chi connectivity index (χ2n) is 5.65. The van der Waals surface area contributed by atoms with Crippen molar-refractivity contribution >= 4 is 11.8 Å². The number of amides is 2. The molecule has 0 radical (unpaired) electrons. The minimum absolute atomic E-state index is 0.00423. The van der Waals surface area contributed by atoms with Crippen LogP contribution in [0.5, 0.6) is 0 Å². The Bertz CT molecular complexity index is 369. The smallest absolute Gasteiger partial charge is 0.239 e. The van der Waals surface area contributed by atoms with Crippen LogP contribution in [0.4, 0.5) is 0 Å². The summed E-state index contributed by atoms with van der Waals surface area (Å²) in [7, 11) is 0. The highest BCUT2D eigenvalue weighted by Crippen LogP contribution is 2.04. The minimum atomic E-state index is -0.256. The molecule has 0 spiro atoms. The Kier molecular flexibility index (Phi) is 5.96. The van der Waals surface area contributed by atoms with E-state index in [0.29, 0.717) is 13.2 Å². The lowest BCUT2D eigenvalue weighted by atomic mass is 10.1. The number of carbonyl (C=O) groups excluding carboxylic acids is 2. The Labute approximate surface area is 126 Å². The van der Waals surface area contributed by atoms with E-state index < -0.39 is 0 Å². The summed E-state index contributed by atoms with van der Waals surface area (Å²) in [4.78, 5) is 27.4. The van der Waals surface area contributed by atoms with Crippen molar-refractivity contribution in [3.05, 3.63) is 0 Å². The van der Waals surface area contributed by atoms with Crippen LogP contribution >= 0.6 is 0 Å². The van der Waals surface area contributed by atoms with Crippen molar-refractivity contribution in [1.29, 1.82) is 0 Å². The summed E-state index contributed by atoms with van der Waals surface area (Å²) in [5.41, 5.74) is 0. The van der Waals surface area contributed by atoms with E-state index in [0.717, 1.165) is 39.3 Å². The number of hydrogen-bond donors (Lipinski definition) is 2. The molecule has 0 aliphatic carbocycles. The Hall–Kier alpha value is -1.18. The maximum atomic E-state index is 12.1. The SMILES string of the molecule is CC(=O)N1CCN(CCNC(=O)[C@H]2NCCO[C@@H]2C)CC1. The van der Waals surface area contributed by atoms with Gasteiger partial charge in [0.2, 0.25) is 11.8 Å². The summed E-state index contributed by atoms with van der Waals surface area (Å²) in [5.74, 6) is 0.143. The van der Waals surface area contributed by atoms with Crippen LogP contribution in [0.1, 0.15) is 13.8 Å². The number of nitrogens with one attached hydrogen (secondary N) is 2. The number of morpholine rings is 1. The van der Waals surface area contributed by atoms with E-state index in [1.807, 2.05) is 11.8 Å². The molecule has 2 aliphatic heterocycles. The zero-order valence-electron chi connectivity index (χ0n) is 12.9. The fraction of sp³-hybridized carbons (Fsp3) is 0.857. The molecule has 0 aromatic heterocycles. The van der Waals surface area contributed by atoms with Crippen LogP contribution in [-0.2, 0) is 14.3 Å². The van der Waals surface area contributed by atoms with Crippen molar-refractivity contribution in [2.45, 2.75) is 26.0 Å². The van der Waals surface area contributed by atoms with E-state index in [2.05, 4.69) is 15.5 Å². The molecule has 0 bridgehead atoms. The molecular weight excluding hydrogens is 272 g/mol. The van der Waals surface area contributed by atoms with Crippen molar-refractivity contribution in [3.63, 3.8) is 0 Å². The second-order valence-corrected chi connectivity index (χ2v) is 5.65. The van der Waals surface area contributed by atoms with Gasteiger partial charge in [0, 0.05) is 52.7 Å². The van der Waals surface area contributed by atoms with E-state index >= 15 is 0 Å². The van der Waals surface area contributed by atoms with Crippen LogP contribution in [0.15, 0.2) is 0 Å². The van der Waals surface area contributed by atoms with Crippen molar-refractivity contribution in [1.82, 2.24) is 20.4 Å². The molecule has 2 N–H and O–H groups in total. The molecule has 0 aromatic rings.